The fraction of sp³-hybridized carbons (Fsp3) is 0.533. The highest BCUT2D eigenvalue weighted by Gasteiger charge is 2.33. The molecule has 3 nitrogen and oxygen atoms in total. The van der Waals surface area contributed by atoms with Crippen LogP contribution in [0.4, 0.5) is 10.1 Å². The maximum absolute atomic E-state index is 13.8. The summed E-state index contributed by atoms with van der Waals surface area (Å²) < 4.78 is 13.8. The third-order valence-electron chi connectivity index (χ3n) is 3.42. The van der Waals surface area contributed by atoms with E-state index in [9.17, 15) is 9.18 Å². The summed E-state index contributed by atoms with van der Waals surface area (Å²) in [7, 11) is 0. The first-order valence-corrected chi connectivity index (χ1v) is 6.85. The maximum Gasteiger partial charge on any atom is 0.257 e. The number of carbonyl (C=O) groups excluding carboxylic acids is 1. The first kappa shape index (κ1) is 13.8. The molecule has 0 heterocycles. The van der Waals surface area contributed by atoms with Crippen molar-refractivity contribution in [2.24, 2.45) is 5.92 Å². The number of nitrogens with two attached hydrogens (primary N) is 1. The molecule has 1 aromatic rings. The van der Waals surface area contributed by atoms with E-state index in [1.54, 1.807) is 6.07 Å². The lowest BCUT2D eigenvalue weighted by molar-refractivity contribution is 0.0731. The molecular formula is C15H21FN2O. The second-order valence-electron chi connectivity index (χ2n) is 5.65. The number of halogens is 1. The van der Waals surface area contributed by atoms with Crippen molar-refractivity contribution < 1.29 is 9.18 Å². The standard InChI is InChI=1S/C15H21FN2O/c1-10(2)7-8-18(12-4-5-12)15(19)13-6-3-11(17)9-14(13)16/h3,6,9-10,12H,4-5,7-8,17H2,1-2H3. The van der Waals surface area contributed by atoms with Gasteiger partial charge in [-0.2, -0.15) is 0 Å². The van der Waals surface area contributed by atoms with E-state index in [1.807, 2.05) is 4.90 Å². The van der Waals surface area contributed by atoms with Gasteiger partial charge in [0.05, 0.1) is 5.56 Å². The minimum Gasteiger partial charge on any atom is -0.399 e. The predicted octanol–water partition coefficient (Wildman–Crippen LogP) is 3.06. The zero-order valence-electron chi connectivity index (χ0n) is 11.5. The summed E-state index contributed by atoms with van der Waals surface area (Å²) in [5.74, 6) is -0.203. The van der Waals surface area contributed by atoms with Crippen LogP contribution in [0.5, 0.6) is 0 Å². The Morgan fingerprint density at radius 2 is 2.16 bits per heavy atom. The van der Waals surface area contributed by atoms with Gasteiger partial charge in [-0.25, -0.2) is 4.39 Å². The average Bonchev–Trinajstić information content (AvgIpc) is 3.13. The van der Waals surface area contributed by atoms with Crippen molar-refractivity contribution in [2.45, 2.75) is 39.2 Å². The second-order valence-corrected chi connectivity index (χ2v) is 5.65. The summed E-state index contributed by atoms with van der Waals surface area (Å²) in [6, 6.07) is 4.56. The number of anilines is 1. The van der Waals surface area contributed by atoms with Gasteiger partial charge in [-0.3, -0.25) is 4.79 Å². The Kier molecular flexibility index (Phi) is 4.08. The molecule has 1 aliphatic carbocycles. The van der Waals surface area contributed by atoms with Crippen molar-refractivity contribution in [3.05, 3.63) is 29.6 Å². The van der Waals surface area contributed by atoms with Gasteiger partial charge in [0.2, 0.25) is 0 Å². The molecule has 0 aliphatic heterocycles. The van der Waals surface area contributed by atoms with Gasteiger partial charge in [0.1, 0.15) is 5.82 Å². The van der Waals surface area contributed by atoms with Crippen LogP contribution in [0.15, 0.2) is 18.2 Å². The Bertz CT molecular complexity index is 469. The number of rotatable bonds is 5. The highest BCUT2D eigenvalue weighted by molar-refractivity contribution is 5.95. The van der Waals surface area contributed by atoms with Gasteiger partial charge < -0.3 is 10.6 Å². The smallest absolute Gasteiger partial charge is 0.257 e. The zero-order chi connectivity index (χ0) is 14.0. The van der Waals surface area contributed by atoms with Gasteiger partial charge >= 0.3 is 0 Å². The Morgan fingerprint density at radius 3 is 2.68 bits per heavy atom. The van der Waals surface area contributed by atoms with Crippen LogP contribution in [0.3, 0.4) is 0 Å². The van der Waals surface area contributed by atoms with E-state index >= 15 is 0 Å². The number of benzene rings is 1. The van der Waals surface area contributed by atoms with Gasteiger partial charge in [0.25, 0.3) is 5.91 Å². The number of amides is 1. The number of hydrogen-bond donors (Lipinski definition) is 1. The third-order valence-corrected chi connectivity index (χ3v) is 3.42. The highest BCUT2D eigenvalue weighted by atomic mass is 19.1. The van der Waals surface area contributed by atoms with Crippen LogP contribution in [-0.2, 0) is 0 Å². The normalized spacial score (nSPS) is 14.7. The first-order chi connectivity index (χ1) is 8.99. The quantitative estimate of drug-likeness (QED) is 0.831. The van der Waals surface area contributed by atoms with Crippen molar-refractivity contribution >= 4 is 11.6 Å². The molecule has 1 fully saturated rings. The first-order valence-electron chi connectivity index (χ1n) is 6.85. The van der Waals surface area contributed by atoms with Gasteiger partial charge in [0.15, 0.2) is 0 Å². The van der Waals surface area contributed by atoms with Crippen LogP contribution in [0, 0.1) is 11.7 Å². The molecule has 0 atom stereocenters. The fourth-order valence-corrected chi connectivity index (χ4v) is 2.09. The van der Waals surface area contributed by atoms with Gasteiger partial charge in [-0.1, -0.05) is 13.8 Å². The lowest BCUT2D eigenvalue weighted by Crippen LogP contribution is -2.35. The number of nitrogens with zero attached hydrogens (tertiary/aromatic N) is 1. The van der Waals surface area contributed by atoms with E-state index in [-0.39, 0.29) is 11.5 Å². The van der Waals surface area contributed by atoms with Gasteiger partial charge in [0, 0.05) is 18.3 Å². The third kappa shape index (κ3) is 3.46. The van der Waals surface area contributed by atoms with Crippen molar-refractivity contribution in [1.82, 2.24) is 4.90 Å². The summed E-state index contributed by atoms with van der Waals surface area (Å²) in [6.07, 6.45) is 3.00. The summed E-state index contributed by atoms with van der Waals surface area (Å²) in [4.78, 5) is 14.2. The van der Waals surface area contributed by atoms with Gasteiger partial charge in [-0.15, -0.1) is 0 Å². The largest absolute Gasteiger partial charge is 0.399 e. The second kappa shape index (κ2) is 5.59. The van der Waals surface area contributed by atoms with E-state index in [0.29, 0.717) is 24.2 Å². The van der Waals surface area contributed by atoms with Crippen LogP contribution >= 0.6 is 0 Å². The van der Waals surface area contributed by atoms with Crippen LogP contribution in [0.25, 0.3) is 0 Å². The molecule has 19 heavy (non-hydrogen) atoms. The molecule has 1 saturated carbocycles. The molecule has 4 heteroatoms. The van der Waals surface area contributed by atoms with Crippen molar-refractivity contribution in [2.75, 3.05) is 12.3 Å². The van der Waals surface area contributed by atoms with Crippen molar-refractivity contribution in [3.63, 3.8) is 0 Å². The summed E-state index contributed by atoms with van der Waals surface area (Å²) in [6.45, 7) is 4.95. The number of hydrogen-bond acceptors (Lipinski definition) is 2. The lowest BCUT2D eigenvalue weighted by atomic mass is 10.1. The molecule has 0 aromatic heterocycles. The Hall–Kier alpha value is -1.58. The van der Waals surface area contributed by atoms with Crippen molar-refractivity contribution in [3.8, 4) is 0 Å². The van der Waals surface area contributed by atoms with Crippen LogP contribution < -0.4 is 5.73 Å². The molecule has 2 N–H and O–H groups in total. The van der Waals surface area contributed by atoms with E-state index in [1.165, 1.54) is 12.1 Å². The lowest BCUT2D eigenvalue weighted by Gasteiger charge is -2.23. The molecule has 0 radical (unpaired) electrons. The molecule has 0 bridgehead atoms. The SMILES string of the molecule is CC(C)CCN(C(=O)c1ccc(N)cc1F)C1CC1. The summed E-state index contributed by atoms with van der Waals surface area (Å²) in [5, 5.41) is 0. The van der Waals surface area contributed by atoms with Crippen LogP contribution in [0.1, 0.15) is 43.5 Å². The molecule has 0 saturated heterocycles. The van der Waals surface area contributed by atoms with Crippen LogP contribution in [-0.4, -0.2) is 23.4 Å². The Balaban J connectivity index is 2.14. The summed E-state index contributed by atoms with van der Waals surface area (Å²) >= 11 is 0. The minimum atomic E-state index is -0.528. The Labute approximate surface area is 113 Å². The highest BCUT2D eigenvalue weighted by Crippen LogP contribution is 2.29. The topological polar surface area (TPSA) is 46.3 Å². The summed E-state index contributed by atoms with van der Waals surface area (Å²) in [5.41, 5.74) is 5.98. The minimum absolute atomic E-state index is 0.129. The number of carbonyl (C=O) groups is 1. The molecule has 1 aliphatic rings. The van der Waals surface area contributed by atoms with E-state index in [0.717, 1.165) is 19.3 Å². The monoisotopic (exact) mass is 264 g/mol. The fourth-order valence-electron chi connectivity index (χ4n) is 2.09. The van der Waals surface area contributed by atoms with E-state index in [4.69, 9.17) is 5.73 Å². The number of nitrogen functional groups attached to an aromatic ring is 1. The van der Waals surface area contributed by atoms with E-state index in [2.05, 4.69) is 13.8 Å². The molecule has 0 unspecified atom stereocenters. The maximum atomic E-state index is 13.8. The van der Waals surface area contributed by atoms with Crippen LogP contribution in [0.2, 0.25) is 0 Å². The Morgan fingerprint density at radius 1 is 1.47 bits per heavy atom. The van der Waals surface area contributed by atoms with Gasteiger partial charge in [-0.05, 0) is 43.4 Å². The molecule has 0 spiro atoms. The van der Waals surface area contributed by atoms with E-state index < -0.39 is 5.82 Å². The molecule has 1 amide bonds. The molecule has 104 valence electrons. The molecular weight excluding hydrogens is 243 g/mol. The van der Waals surface area contributed by atoms with Crippen molar-refractivity contribution in [1.29, 1.82) is 0 Å². The molecule has 1 aromatic carbocycles. The molecule has 2 rings (SSSR count). The average molecular weight is 264 g/mol. The zero-order valence-corrected chi connectivity index (χ0v) is 11.5. The predicted molar refractivity (Wildman–Crippen MR) is 74.3 cm³/mol.